The fraction of sp³-hybridized carbons (Fsp3) is 0.0769. The van der Waals surface area contributed by atoms with Crippen molar-refractivity contribution in [1.82, 2.24) is 0 Å². The Kier molecular flexibility index (Phi) is 3.40. The van der Waals surface area contributed by atoms with Crippen molar-refractivity contribution in [3.8, 4) is 17.2 Å². The van der Waals surface area contributed by atoms with Crippen LogP contribution in [0.5, 0.6) is 17.2 Å². The van der Waals surface area contributed by atoms with Crippen LogP contribution in [0.2, 0.25) is 5.02 Å². The third kappa shape index (κ3) is 2.45. The Morgan fingerprint density at radius 2 is 1.59 bits per heavy atom. The first-order valence-corrected chi connectivity index (χ1v) is 5.45. The summed E-state index contributed by atoms with van der Waals surface area (Å²) < 4.78 is 10.9. The second kappa shape index (κ2) is 4.97. The van der Waals surface area contributed by atoms with E-state index >= 15 is 0 Å². The van der Waals surface area contributed by atoms with Crippen molar-refractivity contribution >= 4 is 17.3 Å². The first kappa shape index (κ1) is 11.6. The van der Waals surface area contributed by atoms with E-state index in [1.54, 1.807) is 31.4 Å². The van der Waals surface area contributed by atoms with Crippen molar-refractivity contribution in [3.05, 3.63) is 47.5 Å². The topological polar surface area (TPSA) is 44.5 Å². The quantitative estimate of drug-likeness (QED) is 0.843. The van der Waals surface area contributed by atoms with Gasteiger partial charge in [0.25, 0.3) is 0 Å². The Bertz CT molecular complexity index is 529. The normalized spacial score (nSPS) is 10.0. The highest BCUT2D eigenvalue weighted by molar-refractivity contribution is 6.33. The molecule has 0 aliphatic heterocycles. The molecule has 0 saturated heterocycles. The SMILES string of the molecule is COc1ccccc1Oc1cccc(Cl)c1N. The molecule has 0 unspecified atom stereocenters. The summed E-state index contributed by atoms with van der Waals surface area (Å²) in [6.07, 6.45) is 0. The van der Waals surface area contributed by atoms with E-state index in [-0.39, 0.29) is 0 Å². The molecular formula is C13H12ClNO2. The van der Waals surface area contributed by atoms with Crippen LogP contribution in [-0.4, -0.2) is 7.11 Å². The summed E-state index contributed by atoms with van der Waals surface area (Å²) in [6, 6.07) is 12.6. The molecule has 2 N–H and O–H groups in total. The van der Waals surface area contributed by atoms with Crippen molar-refractivity contribution in [2.24, 2.45) is 0 Å². The molecule has 0 aliphatic carbocycles. The highest BCUT2D eigenvalue weighted by Gasteiger charge is 2.08. The number of nitrogens with two attached hydrogens (primary N) is 1. The van der Waals surface area contributed by atoms with Gasteiger partial charge in [0.05, 0.1) is 17.8 Å². The fourth-order valence-corrected chi connectivity index (χ4v) is 1.59. The monoisotopic (exact) mass is 249 g/mol. The van der Waals surface area contributed by atoms with Gasteiger partial charge in [0.2, 0.25) is 0 Å². The first-order chi connectivity index (χ1) is 8.22. The zero-order chi connectivity index (χ0) is 12.3. The molecule has 0 bridgehead atoms. The molecule has 0 aromatic heterocycles. The Morgan fingerprint density at radius 3 is 2.29 bits per heavy atom. The highest BCUT2D eigenvalue weighted by atomic mass is 35.5. The second-order valence-electron chi connectivity index (χ2n) is 3.40. The van der Waals surface area contributed by atoms with Crippen LogP contribution in [0.15, 0.2) is 42.5 Å². The van der Waals surface area contributed by atoms with Gasteiger partial charge in [0.15, 0.2) is 17.2 Å². The lowest BCUT2D eigenvalue weighted by molar-refractivity contribution is 0.379. The molecule has 0 aliphatic rings. The maximum absolute atomic E-state index is 5.92. The standard InChI is InChI=1S/C13H12ClNO2/c1-16-10-6-2-3-7-11(10)17-12-8-4-5-9(14)13(12)15/h2-8H,15H2,1H3. The van der Waals surface area contributed by atoms with Crippen LogP contribution in [0.25, 0.3) is 0 Å². The number of para-hydroxylation sites is 3. The number of anilines is 1. The largest absolute Gasteiger partial charge is 0.493 e. The van der Waals surface area contributed by atoms with E-state index in [9.17, 15) is 0 Å². The zero-order valence-electron chi connectivity index (χ0n) is 9.31. The van der Waals surface area contributed by atoms with Gasteiger partial charge in [0, 0.05) is 0 Å². The summed E-state index contributed by atoms with van der Waals surface area (Å²) in [7, 11) is 1.59. The van der Waals surface area contributed by atoms with E-state index in [4.69, 9.17) is 26.8 Å². The molecule has 4 heteroatoms. The number of benzene rings is 2. The third-order valence-electron chi connectivity index (χ3n) is 2.30. The van der Waals surface area contributed by atoms with E-state index in [0.29, 0.717) is 28.0 Å². The third-order valence-corrected chi connectivity index (χ3v) is 2.63. The summed E-state index contributed by atoms with van der Waals surface area (Å²) in [4.78, 5) is 0. The summed E-state index contributed by atoms with van der Waals surface area (Å²) in [5.41, 5.74) is 6.24. The van der Waals surface area contributed by atoms with Gasteiger partial charge in [0.1, 0.15) is 0 Å². The van der Waals surface area contributed by atoms with Crippen molar-refractivity contribution in [3.63, 3.8) is 0 Å². The fourth-order valence-electron chi connectivity index (χ4n) is 1.43. The number of hydrogen-bond donors (Lipinski definition) is 1. The van der Waals surface area contributed by atoms with Gasteiger partial charge in [-0.05, 0) is 24.3 Å². The molecule has 3 nitrogen and oxygen atoms in total. The molecule has 0 fully saturated rings. The Labute approximate surface area is 105 Å². The van der Waals surface area contributed by atoms with Crippen LogP contribution in [-0.2, 0) is 0 Å². The number of hydrogen-bond acceptors (Lipinski definition) is 3. The Morgan fingerprint density at radius 1 is 0.941 bits per heavy atom. The first-order valence-electron chi connectivity index (χ1n) is 5.07. The number of methoxy groups -OCH3 is 1. The zero-order valence-corrected chi connectivity index (χ0v) is 10.1. The van der Waals surface area contributed by atoms with Crippen molar-refractivity contribution in [2.45, 2.75) is 0 Å². The lowest BCUT2D eigenvalue weighted by Crippen LogP contribution is -1.94. The number of rotatable bonds is 3. The Hall–Kier alpha value is -1.87. The molecule has 0 amide bonds. The molecule has 0 heterocycles. The molecule has 2 rings (SSSR count). The van der Waals surface area contributed by atoms with Crippen LogP contribution < -0.4 is 15.2 Å². The Balaban J connectivity index is 2.35. The molecule has 0 radical (unpaired) electrons. The summed E-state index contributed by atoms with van der Waals surface area (Å²) in [5, 5.41) is 0.470. The average molecular weight is 250 g/mol. The van der Waals surface area contributed by atoms with Crippen molar-refractivity contribution < 1.29 is 9.47 Å². The van der Waals surface area contributed by atoms with E-state index in [1.165, 1.54) is 0 Å². The predicted molar refractivity (Wildman–Crippen MR) is 68.9 cm³/mol. The minimum atomic E-state index is 0.417. The minimum absolute atomic E-state index is 0.417. The van der Waals surface area contributed by atoms with Gasteiger partial charge >= 0.3 is 0 Å². The smallest absolute Gasteiger partial charge is 0.169 e. The summed E-state index contributed by atoms with van der Waals surface area (Å²) in [6.45, 7) is 0. The number of halogens is 1. The van der Waals surface area contributed by atoms with Crippen molar-refractivity contribution in [1.29, 1.82) is 0 Å². The van der Waals surface area contributed by atoms with Crippen LogP contribution in [0.3, 0.4) is 0 Å². The van der Waals surface area contributed by atoms with Gasteiger partial charge in [-0.25, -0.2) is 0 Å². The molecule has 2 aromatic rings. The second-order valence-corrected chi connectivity index (χ2v) is 3.81. The van der Waals surface area contributed by atoms with Crippen molar-refractivity contribution in [2.75, 3.05) is 12.8 Å². The lowest BCUT2D eigenvalue weighted by Gasteiger charge is -2.12. The molecule has 2 aromatic carbocycles. The van der Waals surface area contributed by atoms with Crippen LogP contribution in [0.1, 0.15) is 0 Å². The summed E-state index contributed by atoms with van der Waals surface area (Å²) >= 11 is 5.92. The average Bonchev–Trinajstić information content (AvgIpc) is 2.35. The lowest BCUT2D eigenvalue weighted by atomic mass is 10.3. The molecular weight excluding hydrogens is 238 g/mol. The highest BCUT2D eigenvalue weighted by Crippen LogP contribution is 2.36. The maximum Gasteiger partial charge on any atom is 0.169 e. The number of ether oxygens (including phenoxy) is 2. The summed E-state index contributed by atoms with van der Waals surface area (Å²) in [5.74, 6) is 1.76. The van der Waals surface area contributed by atoms with E-state index in [2.05, 4.69) is 0 Å². The van der Waals surface area contributed by atoms with Crippen LogP contribution in [0, 0.1) is 0 Å². The number of nitrogen functional groups attached to an aromatic ring is 1. The molecule has 17 heavy (non-hydrogen) atoms. The van der Waals surface area contributed by atoms with Crippen LogP contribution >= 0.6 is 11.6 Å². The molecule has 88 valence electrons. The van der Waals surface area contributed by atoms with Gasteiger partial charge in [-0.3, -0.25) is 0 Å². The molecule has 0 saturated carbocycles. The van der Waals surface area contributed by atoms with Crippen LogP contribution in [0.4, 0.5) is 5.69 Å². The maximum atomic E-state index is 5.92. The van der Waals surface area contributed by atoms with Gasteiger partial charge in [-0.15, -0.1) is 0 Å². The van der Waals surface area contributed by atoms with E-state index in [0.717, 1.165) is 0 Å². The molecule has 0 atom stereocenters. The van der Waals surface area contributed by atoms with Gasteiger partial charge in [-0.1, -0.05) is 29.8 Å². The van der Waals surface area contributed by atoms with Gasteiger partial charge in [-0.2, -0.15) is 0 Å². The van der Waals surface area contributed by atoms with E-state index in [1.807, 2.05) is 18.2 Å². The van der Waals surface area contributed by atoms with Gasteiger partial charge < -0.3 is 15.2 Å². The predicted octanol–water partition coefficient (Wildman–Crippen LogP) is 3.72. The van der Waals surface area contributed by atoms with E-state index < -0.39 is 0 Å². The molecule has 0 spiro atoms. The minimum Gasteiger partial charge on any atom is -0.493 e.